The highest BCUT2D eigenvalue weighted by Crippen LogP contribution is 2.44. The molecule has 1 fully saturated rings. The molecule has 17 heavy (non-hydrogen) atoms. The highest BCUT2D eigenvalue weighted by molar-refractivity contribution is 4.98. The summed E-state index contributed by atoms with van der Waals surface area (Å²) in [5.74, 6) is 0.625. The second-order valence-corrected chi connectivity index (χ2v) is 7.07. The van der Waals surface area contributed by atoms with Crippen molar-refractivity contribution in [3.8, 4) is 0 Å². The molecule has 2 unspecified atom stereocenters. The smallest absolute Gasteiger partial charge is 0.0518 e. The van der Waals surface area contributed by atoms with Crippen LogP contribution in [0.4, 0.5) is 0 Å². The predicted molar refractivity (Wildman–Crippen MR) is 74.0 cm³/mol. The van der Waals surface area contributed by atoms with Crippen LogP contribution in [0, 0.1) is 11.3 Å². The monoisotopic (exact) mass is 241 g/mol. The van der Waals surface area contributed by atoms with Gasteiger partial charge in [-0.3, -0.25) is 0 Å². The maximum atomic E-state index is 6.70. The van der Waals surface area contributed by atoms with Crippen molar-refractivity contribution in [1.29, 1.82) is 0 Å². The van der Waals surface area contributed by atoms with Gasteiger partial charge in [-0.25, -0.2) is 0 Å². The minimum Gasteiger partial charge on any atom is -0.379 e. The first kappa shape index (κ1) is 15.0. The Morgan fingerprint density at radius 1 is 1.29 bits per heavy atom. The Morgan fingerprint density at radius 2 is 1.94 bits per heavy atom. The molecule has 0 spiro atoms. The van der Waals surface area contributed by atoms with E-state index in [2.05, 4.69) is 34.6 Å². The van der Waals surface area contributed by atoms with E-state index >= 15 is 0 Å². The average Bonchev–Trinajstić information content (AvgIpc) is 2.15. The molecular weight excluding hydrogens is 210 g/mol. The van der Waals surface area contributed by atoms with E-state index in [1.807, 2.05) is 0 Å². The Morgan fingerprint density at radius 3 is 2.47 bits per heavy atom. The molecule has 0 aromatic rings. The van der Waals surface area contributed by atoms with Crippen LogP contribution in [0.3, 0.4) is 0 Å². The summed E-state index contributed by atoms with van der Waals surface area (Å²) in [5, 5.41) is 0. The van der Waals surface area contributed by atoms with Crippen molar-refractivity contribution < 1.29 is 4.74 Å². The maximum Gasteiger partial charge on any atom is 0.0518 e. The summed E-state index contributed by atoms with van der Waals surface area (Å²) in [6, 6.07) is 0. The molecule has 2 heteroatoms. The molecule has 1 rings (SSSR count). The number of hydrogen-bond acceptors (Lipinski definition) is 2. The van der Waals surface area contributed by atoms with Crippen molar-refractivity contribution in [2.24, 2.45) is 17.1 Å². The second-order valence-electron chi connectivity index (χ2n) is 7.07. The van der Waals surface area contributed by atoms with E-state index in [0.29, 0.717) is 17.4 Å². The molecule has 2 nitrogen and oxygen atoms in total. The summed E-state index contributed by atoms with van der Waals surface area (Å²) in [4.78, 5) is 0. The van der Waals surface area contributed by atoms with Crippen LogP contribution in [0.1, 0.15) is 66.7 Å². The molecule has 2 N–H and O–H groups in total. The molecule has 1 aliphatic carbocycles. The molecule has 0 bridgehead atoms. The van der Waals surface area contributed by atoms with Gasteiger partial charge in [-0.2, -0.15) is 0 Å². The quantitative estimate of drug-likeness (QED) is 0.814. The largest absolute Gasteiger partial charge is 0.379 e. The van der Waals surface area contributed by atoms with Crippen LogP contribution in [-0.2, 0) is 4.74 Å². The topological polar surface area (TPSA) is 35.2 Å². The third kappa shape index (κ3) is 4.26. The lowest BCUT2D eigenvalue weighted by Gasteiger charge is -2.48. The minimum absolute atomic E-state index is 0.00854. The molecule has 1 aliphatic rings. The highest BCUT2D eigenvalue weighted by Gasteiger charge is 2.42. The van der Waals surface area contributed by atoms with Gasteiger partial charge in [-0.15, -0.1) is 0 Å². The normalized spacial score (nSPS) is 30.9. The van der Waals surface area contributed by atoms with Crippen LogP contribution >= 0.6 is 0 Å². The van der Waals surface area contributed by atoms with Crippen molar-refractivity contribution in [3.63, 3.8) is 0 Å². The summed E-state index contributed by atoms with van der Waals surface area (Å²) >= 11 is 0. The fraction of sp³-hybridized carbons (Fsp3) is 1.00. The van der Waals surface area contributed by atoms with Gasteiger partial charge in [0.1, 0.15) is 0 Å². The molecule has 2 atom stereocenters. The van der Waals surface area contributed by atoms with Gasteiger partial charge in [0.05, 0.1) is 6.10 Å². The van der Waals surface area contributed by atoms with E-state index in [9.17, 15) is 0 Å². The number of hydrogen-bond donors (Lipinski definition) is 1. The van der Waals surface area contributed by atoms with E-state index in [0.717, 1.165) is 19.4 Å². The second kappa shape index (κ2) is 5.71. The predicted octanol–water partition coefficient (Wildman–Crippen LogP) is 3.74. The van der Waals surface area contributed by atoms with Crippen molar-refractivity contribution in [1.82, 2.24) is 0 Å². The number of nitrogens with two attached hydrogens (primary N) is 1. The summed E-state index contributed by atoms with van der Waals surface area (Å²) in [6.45, 7) is 12.0. The Balaban J connectivity index is 2.61. The van der Waals surface area contributed by atoms with E-state index in [-0.39, 0.29) is 5.54 Å². The van der Waals surface area contributed by atoms with Crippen molar-refractivity contribution in [2.45, 2.75) is 78.4 Å². The molecule has 0 saturated heterocycles. The fourth-order valence-electron chi connectivity index (χ4n) is 3.34. The lowest BCUT2D eigenvalue weighted by Crippen LogP contribution is -2.54. The molecular formula is C15H31NO. The van der Waals surface area contributed by atoms with E-state index in [1.54, 1.807) is 0 Å². The fourth-order valence-corrected chi connectivity index (χ4v) is 3.34. The molecule has 0 amide bonds. The van der Waals surface area contributed by atoms with Gasteiger partial charge in [-0.05, 0) is 44.4 Å². The van der Waals surface area contributed by atoms with Crippen LogP contribution in [0.15, 0.2) is 0 Å². The minimum atomic E-state index is -0.00854. The Kier molecular flexibility index (Phi) is 5.03. The first-order valence-corrected chi connectivity index (χ1v) is 7.16. The van der Waals surface area contributed by atoms with E-state index < -0.39 is 0 Å². The van der Waals surface area contributed by atoms with Gasteiger partial charge < -0.3 is 10.5 Å². The summed E-state index contributed by atoms with van der Waals surface area (Å²) < 4.78 is 5.69. The van der Waals surface area contributed by atoms with Crippen LogP contribution in [0.2, 0.25) is 0 Å². The lowest BCUT2D eigenvalue weighted by atomic mass is 9.61. The molecule has 0 heterocycles. The van der Waals surface area contributed by atoms with Crippen molar-refractivity contribution in [2.75, 3.05) is 6.61 Å². The van der Waals surface area contributed by atoms with Gasteiger partial charge in [0.15, 0.2) is 0 Å². The van der Waals surface area contributed by atoms with Gasteiger partial charge in [-0.1, -0.05) is 33.6 Å². The molecule has 0 radical (unpaired) electrons. The Hall–Kier alpha value is -0.0800. The van der Waals surface area contributed by atoms with Gasteiger partial charge in [0.2, 0.25) is 0 Å². The summed E-state index contributed by atoms with van der Waals surface area (Å²) in [5.41, 5.74) is 7.00. The molecule has 0 aromatic heterocycles. The Bertz CT molecular complexity index is 232. The molecule has 1 saturated carbocycles. The van der Waals surface area contributed by atoms with Crippen LogP contribution in [0.5, 0.6) is 0 Å². The third-order valence-electron chi connectivity index (χ3n) is 4.14. The first-order valence-electron chi connectivity index (χ1n) is 7.16. The van der Waals surface area contributed by atoms with Gasteiger partial charge >= 0.3 is 0 Å². The molecule has 0 aliphatic heterocycles. The summed E-state index contributed by atoms with van der Waals surface area (Å²) in [7, 11) is 0. The summed E-state index contributed by atoms with van der Waals surface area (Å²) in [6.07, 6.45) is 6.39. The van der Waals surface area contributed by atoms with Crippen molar-refractivity contribution >= 4 is 0 Å². The van der Waals surface area contributed by atoms with Crippen LogP contribution in [-0.4, -0.2) is 18.2 Å². The van der Waals surface area contributed by atoms with Crippen LogP contribution < -0.4 is 5.73 Å². The standard InChI is InChI=1S/C15H31NO/c1-12(2)17-11-10-15(16)9-7-6-8-13(15)14(3,4)5/h12-13H,6-11,16H2,1-5H3. The first-order chi connectivity index (χ1) is 7.76. The van der Waals surface area contributed by atoms with E-state index in [4.69, 9.17) is 10.5 Å². The van der Waals surface area contributed by atoms with Gasteiger partial charge in [0, 0.05) is 12.1 Å². The van der Waals surface area contributed by atoms with E-state index in [1.165, 1.54) is 19.3 Å². The maximum absolute atomic E-state index is 6.70. The molecule has 102 valence electrons. The third-order valence-corrected chi connectivity index (χ3v) is 4.14. The highest BCUT2D eigenvalue weighted by atomic mass is 16.5. The molecule has 0 aromatic carbocycles. The SMILES string of the molecule is CC(C)OCCC1(N)CCCCC1C(C)(C)C. The van der Waals surface area contributed by atoms with Crippen molar-refractivity contribution in [3.05, 3.63) is 0 Å². The Labute approximate surface area is 107 Å². The van der Waals surface area contributed by atoms with Gasteiger partial charge in [0.25, 0.3) is 0 Å². The zero-order valence-electron chi connectivity index (χ0n) is 12.4. The number of ether oxygens (including phenoxy) is 1. The zero-order chi connectivity index (χ0) is 13.1. The van der Waals surface area contributed by atoms with Crippen LogP contribution in [0.25, 0.3) is 0 Å². The number of rotatable bonds is 4. The zero-order valence-corrected chi connectivity index (χ0v) is 12.4. The average molecular weight is 241 g/mol. The lowest BCUT2D eigenvalue weighted by molar-refractivity contribution is 0.0216.